The van der Waals surface area contributed by atoms with E-state index in [2.05, 4.69) is 10.1 Å². The number of esters is 4. The van der Waals surface area contributed by atoms with Gasteiger partial charge in [-0.25, -0.2) is 14.4 Å². The van der Waals surface area contributed by atoms with Crippen LogP contribution in [-0.2, 0) is 43.5 Å². The van der Waals surface area contributed by atoms with Crippen molar-refractivity contribution in [1.82, 2.24) is 0 Å². The van der Waals surface area contributed by atoms with Gasteiger partial charge in [-0.2, -0.15) is 0 Å². The van der Waals surface area contributed by atoms with Gasteiger partial charge in [0, 0.05) is 11.3 Å². The highest BCUT2D eigenvalue weighted by Gasteiger charge is 2.63. The molecule has 2 aliphatic heterocycles. The fourth-order valence-electron chi connectivity index (χ4n) is 3.65. The number of carbonyl (C=O) groups is 4. The highest BCUT2D eigenvalue weighted by molar-refractivity contribution is 6.16. The van der Waals surface area contributed by atoms with Gasteiger partial charge in [-0.05, 0) is 13.0 Å². The molecule has 1 aromatic rings. The summed E-state index contributed by atoms with van der Waals surface area (Å²) < 4.78 is 20.0. The van der Waals surface area contributed by atoms with Crippen LogP contribution in [0, 0.1) is 0 Å². The zero-order valence-electron chi connectivity index (χ0n) is 16.6. The monoisotopic (exact) mass is 416 g/mol. The van der Waals surface area contributed by atoms with Crippen LogP contribution in [0.5, 0.6) is 0 Å². The van der Waals surface area contributed by atoms with Gasteiger partial charge in [0.1, 0.15) is 29.1 Å². The van der Waals surface area contributed by atoms with Gasteiger partial charge in [0.15, 0.2) is 5.41 Å². The summed E-state index contributed by atoms with van der Waals surface area (Å²) in [5.74, 6) is -4.11. The number of hydrogen-bond acceptors (Lipinski definition) is 10. The van der Waals surface area contributed by atoms with E-state index in [0.717, 1.165) is 14.2 Å². The number of hydrogen-bond donors (Lipinski definition) is 2. The topological polar surface area (TPSA) is 143 Å². The van der Waals surface area contributed by atoms with Gasteiger partial charge in [0.2, 0.25) is 0 Å². The summed E-state index contributed by atoms with van der Waals surface area (Å²) in [7, 11) is 2.25. The number of carbonyl (C=O) groups excluding carboxylic acids is 4. The predicted octanol–water partition coefficient (Wildman–Crippen LogP) is 0.630. The second-order valence-corrected chi connectivity index (χ2v) is 6.36. The fourth-order valence-corrected chi connectivity index (χ4v) is 3.65. The maximum absolute atomic E-state index is 13.3. The van der Waals surface area contributed by atoms with Crippen molar-refractivity contribution < 1.29 is 38.1 Å². The van der Waals surface area contributed by atoms with Crippen LogP contribution in [0.15, 0.2) is 47.0 Å². The molecule has 0 saturated heterocycles. The number of ether oxygens (including phenoxy) is 4. The van der Waals surface area contributed by atoms with Crippen molar-refractivity contribution in [2.75, 3.05) is 26.1 Å². The Morgan fingerprint density at radius 1 is 1.10 bits per heavy atom. The van der Waals surface area contributed by atoms with Gasteiger partial charge in [-0.1, -0.05) is 18.2 Å². The summed E-state index contributed by atoms with van der Waals surface area (Å²) in [5.41, 5.74) is 3.98. The minimum absolute atomic E-state index is 0.00528. The molecular formula is C20H20N2O8. The first-order chi connectivity index (χ1) is 14.3. The third-order valence-corrected chi connectivity index (χ3v) is 4.82. The Labute approximate surface area is 171 Å². The Balaban J connectivity index is 2.40. The molecule has 10 nitrogen and oxygen atoms in total. The molecule has 1 aromatic carbocycles. The lowest BCUT2D eigenvalue weighted by Crippen LogP contribution is -2.47. The van der Waals surface area contributed by atoms with Gasteiger partial charge in [-0.15, -0.1) is 0 Å². The van der Waals surface area contributed by atoms with Crippen LogP contribution in [0.1, 0.15) is 18.9 Å². The lowest BCUT2D eigenvalue weighted by molar-refractivity contribution is -0.147. The molecule has 10 heteroatoms. The number of nitrogens with two attached hydrogens (primary N) is 1. The Morgan fingerprint density at radius 2 is 1.80 bits per heavy atom. The van der Waals surface area contributed by atoms with Crippen LogP contribution in [0.3, 0.4) is 0 Å². The molecule has 30 heavy (non-hydrogen) atoms. The molecule has 0 aliphatic carbocycles. The zero-order valence-corrected chi connectivity index (χ0v) is 16.6. The first kappa shape index (κ1) is 20.9. The Morgan fingerprint density at radius 3 is 2.43 bits per heavy atom. The van der Waals surface area contributed by atoms with Crippen molar-refractivity contribution in [2.24, 2.45) is 5.73 Å². The lowest BCUT2D eigenvalue weighted by atomic mass is 9.66. The van der Waals surface area contributed by atoms with E-state index in [1.54, 1.807) is 31.2 Å². The van der Waals surface area contributed by atoms with E-state index in [1.807, 2.05) is 0 Å². The van der Waals surface area contributed by atoms with E-state index in [1.165, 1.54) is 0 Å². The summed E-state index contributed by atoms with van der Waals surface area (Å²) in [6.45, 7) is 1.58. The molecule has 0 radical (unpaired) electrons. The standard InChI is InChI=1S/C20H20N2O8/c1-4-29-18(25)15-16(21)22-11-8-6-5-7-10(11)20(15)14(17(24)28-3)12(30-19(20)26)9-13(23)27-2/h5-8,22H,4,9,21H2,1-3H3/t20-/m1/s1. The van der Waals surface area contributed by atoms with Crippen molar-refractivity contribution in [3.05, 3.63) is 52.6 Å². The molecule has 2 aliphatic rings. The Kier molecular flexibility index (Phi) is 5.50. The van der Waals surface area contributed by atoms with Crippen LogP contribution >= 0.6 is 0 Å². The average molecular weight is 416 g/mol. The minimum atomic E-state index is -2.07. The van der Waals surface area contributed by atoms with Gasteiger partial charge < -0.3 is 30.0 Å². The van der Waals surface area contributed by atoms with Crippen molar-refractivity contribution in [3.8, 4) is 0 Å². The quantitative estimate of drug-likeness (QED) is 0.518. The third kappa shape index (κ3) is 2.97. The molecule has 0 fully saturated rings. The highest BCUT2D eigenvalue weighted by atomic mass is 16.6. The summed E-state index contributed by atoms with van der Waals surface area (Å²) in [5, 5.41) is 2.85. The summed E-state index contributed by atoms with van der Waals surface area (Å²) >= 11 is 0. The smallest absolute Gasteiger partial charge is 0.339 e. The van der Waals surface area contributed by atoms with Crippen molar-refractivity contribution in [2.45, 2.75) is 18.8 Å². The maximum Gasteiger partial charge on any atom is 0.339 e. The molecule has 0 saturated carbocycles. The summed E-state index contributed by atoms with van der Waals surface area (Å²) in [6, 6.07) is 6.46. The second kappa shape index (κ2) is 7.90. The van der Waals surface area contributed by atoms with E-state index in [0.29, 0.717) is 5.69 Å². The Hall–Kier alpha value is -3.82. The number of methoxy groups -OCH3 is 2. The first-order valence-corrected chi connectivity index (χ1v) is 8.97. The number of cyclic esters (lactones) is 1. The second-order valence-electron chi connectivity index (χ2n) is 6.36. The maximum atomic E-state index is 13.3. The number of rotatable bonds is 5. The van der Waals surface area contributed by atoms with E-state index in [-0.39, 0.29) is 34.9 Å². The van der Waals surface area contributed by atoms with E-state index >= 15 is 0 Å². The van der Waals surface area contributed by atoms with Crippen LogP contribution < -0.4 is 11.1 Å². The molecule has 0 aromatic heterocycles. The average Bonchev–Trinajstić information content (AvgIpc) is 2.99. The van der Waals surface area contributed by atoms with E-state index in [4.69, 9.17) is 19.9 Å². The number of anilines is 1. The molecule has 0 unspecified atom stereocenters. The van der Waals surface area contributed by atoms with Crippen LogP contribution in [0.25, 0.3) is 0 Å². The van der Waals surface area contributed by atoms with Gasteiger partial charge in [-0.3, -0.25) is 4.79 Å². The van der Waals surface area contributed by atoms with E-state index in [9.17, 15) is 19.2 Å². The molecule has 0 amide bonds. The summed E-state index contributed by atoms with van der Waals surface area (Å²) in [6.07, 6.45) is -0.528. The zero-order chi connectivity index (χ0) is 22.1. The van der Waals surface area contributed by atoms with Crippen LogP contribution in [0.4, 0.5) is 5.69 Å². The molecule has 0 bridgehead atoms. The number of benzene rings is 1. The lowest BCUT2D eigenvalue weighted by Gasteiger charge is -2.35. The molecule has 1 atom stereocenters. The highest BCUT2D eigenvalue weighted by Crippen LogP contribution is 2.53. The van der Waals surface area contributed by atoms with Gasteiger partial charge in [0.05, 0.1) is 20.8 Å². The van der Waals surface area contributed by atoms with Crippen molar-refractivity contribution in [1.29, 1.82) is 0 Å². The molecule has 2 heterocycles. The predicted molar refractivity (Wildman–Crippen MR) is 101 cm³/mol. The largest absolute Gasteiger partial charge is 0.469 e. The molecular weight excluding hydrogens is 396 g/mol. The normalized spacial score (nSPS) is 19.8. The van der Waals surface area contributed by atoms with Gasteiger partial charge in [0.25, 0.3) is 0 Å². The van der Waals surface area contributed by atoms with Gasteiger partial charge >= 0.3 is 23.9 Å². The Bertz CT molecular complexity index is 1010. The minimum Gasteiger partial charge on any atom is -0.469 e. The molecule has 3 rings (SSSR count). The number of para-hydroxylation sites is 1. The van der Waals surface area contributed by atoms with Crippen LogP contribution in [-0.4, -0.2) is 44.7 Å². The third-order valence-electron chi connectivity index (χ3n) is 4.82. The van der Waals surface area contributed by atoms with Crippen molar-refractivity contribution in [3.63, 3.8) is 0 Å². The molecule has 158 valence electrons. The van der Waals surface area contributed by atoms with E-state index < -0.39 is 35.7 Å². The first-order valence-electron chi connectivity index (χ1n) is 8.97. The molecule has 3 N–H and O–H groups in total. The fraction of sp³-hybridized carbons (Fsp3) is 0.300. The van der Waals surface area contributed by atoms with Crippen molar-refractivity contribution >= 4 is 29.6 Å². The molecule has 1 spiro atoms. The summed E-state index contributed by atoms with van der Waals surface area (Å²) in [4.78, 5) is 51.0. The van der Waals surface area contributed by atoms with Crippen LogP contribution in [0.2, 0.25) is 0 Å². The SMILES string of the molecule is CCOC(=O)C1=C(N)Nc2ccccc2[C@]12C(=O)OC(CC(=O)OC)=C2C(=O)OC. The number of nitrogens with one attached hydrogen (secondary N) is 1. The number of fused-ring (bicyclic) bond motifs is 2.